The zero-order valence-electron chi connectivity index (χ0n) is 10.4. The first-order valence-electron chi connectivity index (χ1n) is 5.82. The molecular formula is C11H13BrClN3O3S. The Morgan fingerprint density at radius 3 is 2.40 bits per heavy atom. The molecule has 0 radical (unpaired) electrons. The first-order chi connectivity index (χ1) is 9.30. The predicted molar refractivity (Wildman–Crippen MR) is 79.7 cm³/mol. The summed E-state index contributed by atoms with van der Waals surface area (Å²) in [5.41, 5.74) is 0.394. The lowest BCUT2D eigenvalue weighted by atomic mass is 10.2. The fourth-order valence-corrected chi connectivity index (χ4v) is 3.23. The maximum absolute atomic E-state index is 12.4. The number of nitrogens with zero attached hydrogens (tertiary/aromatic N) is 2. The van der Waals surface area contributed by atoms with Crippen molar-refractivity contribution >= 4 is 43.6 Å². The first kappa shape index (κ1) is 15.7. The highest BCUT2D eigenvalue weighted by atomic mass is 79.9. The number of halogens is 2. The van der Waals surface area contributed by atoms with E-state index in [2.05, 4.69) is 15.9 Å². The minimum absolute atomic E-state index is 0.191. The fourth-order valence-electron chi connectivity index (χ4n) is 1.98. The van der Waals surface area contributed by atoms with E-state index in [-0.39, 0.29) is 32.1 Å². The molecule has 1 aliphatic heterocycles. The normalized spacial score (nSPS) is 17.2. The fraction of sp³-hybridized carbons (Fsp3) is 0.364. The van der Waals surface area contributed by atoms with E-state index in [0.717, 1.165) is 4.31 Å². The van der Waals surface area contributed by atoms with Crippen LogP contribution >= 0.6 is 27.5 Å². The second kappa shape index (κ2) is 5.98. The highest BCUT2D eigenvalue weighted by Gasteiger charge is 2.28. The number of hydrogen-bond donors (Lipinski definition) is 1. The average molecular weight is 383 g/mol. The molecule has 110 valence electrons. The van der Waals surface area contributed by atoms with Crippen molar-refractivity contribution in [2.75, 3.05) is 26.2 Å². The van der Waals surface area contributed by atoms with Crippen LogP contribution in [0.4, 0.5) is 0 Å². The molecule has 1 saturated heterocycles. The number of amides is 1. The van der Waals surface area contributed by atoms with Gasteiger partial charge in [-0.05, 0) is 28.1 Å². The van der Waals surface area contributed by atoms with Gasteiger partial charge in [-0.2, -0.15) is 12.7 Å². The molecule has 1 heterocycles. The molecule has 0 unspecified atom stereocenters. The van der Waals surface area contributed by atoms with Gasteiger partial charge < -0.3 is 4.90 Å². The summed E-state index contributed by atoms with van der Waals surface area (Å²) in [6.07, 6.45) is 0. The molecule has 0 saturated carbocycles. The quantitative estimate of drug-likeness (QED) is 0.830. The molecule has 6 nitrogen and oxygen atoms in total. The van der Waals surface area contributed by atoms with E-state index >= 15 is 0 Å². The molecule has 1 aliphatic rings. The van der Waals surface area contributed by atoms with Crippen LogP contribution in [0.1, 0.15) is 10.4 Å². The van der Waals surface area contributed by atoms with Gasteiger partial charge in [0.15, 0.2) is 0 Å². The monoisotopic (exact) mass is 381 g/mol. The lowest BCUT2D eigenvalue weighted by Crippen LogP contribution is -2.52. The molecule has 9 heteroatoms. The summed E-state index contributed by atoms with van der Waals surface area (Å²) < 4.78 is 24.2. The van der Waals surface area contributed by atoms with Crippen molar-refractivity contribution in [3.8, 4) is 0 Å². The molecule has 1 amide bonds. The summed E-state index contributed by atoms with van der Waals surface area (Å²) in [6.45, 7) is 0.961. The predicted octanol–water partition coefficient (Wildman–Crippen LogP) is 1.06. The van der Waals surface area contributed by atoms with Crippen molar-refractivity contribution in [2.45, 2.75) is 0 Å². The number of hydrogen-bond acceptors (Lipinski definition) is 3. The van der Waals surface area contributed by atoms with E-state index in [9.17, 15) is 13.2 Å². The molecule has 0 bridgehead atoms. The Kier molecular flexibility index (Phi) is 4.70. The highest BCUT2D eigenvalue weighted by Crippen LogP contribution is 2.27. The van der Waals surface area contributed by atoms with Crippen LogP contribution in [0.3, 0.4) is 0 Å². The van der Waals surface area contributed by atoms with Crippen LogP contribution in [-0.2, 0) is 10.2 Å². The molecule has 0 spiro atoms. The summed E-state index contributed by atoms with van der Waals surface area (Å²) in [4.78, 5) is 13.9. The second-order valence-electron chi connectivity index (χ2n) is 4.34. The maximum atomic E-state index is 12.4. The van der Waals surface area contributed by atoms with Crippen LogP contribution in [0.15, 0.2) is 22.7 Å². The number of piperazine rings is 1. The summed E-state index contributed by atoms with van der Waals surface area (Å²) >= 11 is 9.36. The van der Waals surface area contributed by atoms with Gasteiger partial charge in [0, 0.05) is 30.7 Å². The Morgan fingerprint density at radius 1 is 1.25 bits per heavy atom. The second-order valence-corrected chi connectivity index (χ2v) is 7.12. The van der Waals surface area contributed by atoms with E-state index in [1.54, 1.807) is 23.1 Å². The van der Waals surface area contributed by atoms with E-state index < -0.39 is 10.2 Å². The molecule has 1 aromatic carbocycles. The number of carbonyl (C=O) groups is 1. The Labute approximate surface area is 130 Å². The van der Waals surface area contributed by atoms with Gasteiger partial charge in [-0.15, -0.1) is 0 Å². The molecule has 0 aliphatic carbocycles. The van der Waals surface area contributed by atoms with Gasteiger partial charge in [-0.3, -0.25) is 4.79 Å². The molecule has 1 aromatic rings. The molecule has 20 heavy (non-hydrogen) atoms. The minimum atomic E-state index is -3.69. The van der Waals surface area contributed by atoms with Crippen molar-refractivity contribution in [1.82, 2.24) is 9.21 Å². The smallest absolute Gasteiger partial charge is 0.277 e. The van der Waals surface area contributed by atoms with E-state index in [1.807, 2.05) is 0 Å². The average Bonchev–Trinajstić information content (AvgIpc) is 2.40. The molecule has 2 rings (SSSR count). The number of rotatable bonds is 2. The Bertz CT molecular complexity index is 630. The standard InChI is InChI=1S/C11H13BrClN3O3S/c12-9-3-1-2-8(10(9)13)11(17)15-4-6-16(7-5-15)20(14,18)19/h1-3H,4-7H2,(H2,14,18,19). The molecule has 2 N–H and O–H groups in total. The van der Waals surface area contributed by atoms with Gasteiger partial charge in [-0.25, -0.2) is 5.14 Å². The van der Waals surface area contributed by atoms with Crippen LogP contribution < -0.4 is 5.14 Å². The van der Waals surface area contributed by atoms with Crippen molar-refractivity contribution in [1.29, 1.82) is 0 Å². The van der Waals surface area contributed by atoms with E-state index in [0.29, 0.717) is 15.1 Å². The van der Waals surface area contributed by atoms with Gasteiger partial charge in [-0.1, -0.05) is 17.7 Å². The zero-order valence-corrected chi connectivity index (χ0v) is 13.6. The Hall–Kier alpha value is -0.670. The van der Waals surface area contributed by atoms with Crippen LogP contribution in [0.5, 0.6) is 0 Å². The van der Waals surface area contributed by atoms with Gasteiger partial charge in [0.05, 0.1) is 10.6 Å². The first-order valence-corrected chi connectivity index (χ1v) is 8.49. The van der Waals surface area contributed by atoms with Crippen LogP contribution in [0, 0.1) is 0 Å². The largest absolute Gasteiger partial charge is 0.336 e. The van der Waals surface area contributed by atoms with Crippen molar-refractivity contribution in [2.24, 2.45) is 5.14 Å². The Balaban J connectivity index is 2.11. The minimum Gasteiger partial charge on any atom is -0.336 e. The van der Waals surface area contributed by atoms with Gasteiger partial charge in [0.25, 0.3) is 16.1 Å². The summed E-state index contributed by atoms with van der Waals surface area (Å²) in [5.74, 6) is -0.217. The topological polar surface area (TPSA) is 83.7 Å². The van der Waals surface area contributed by atoms with Crippen molar-refractivity contribution in [3.05, 3.63) is 33.3 Å². The summed E-state index contributed by atoms with van der Waals surface area (Å²) in [5, 5.41) is 5.41. The summed E-state index contributed by atoms with van der Waals surface area (Å²) in [7, 11) is -3.69. The van der Waals surface area contributed by atoms with Gasteiger partial charge >= 0.3 is 0 Å². The number of carbonyl (C=O) groups excluding carboxylic acids is 1. The van der Waals surface area contributed by atoms with Crippen molar-refractivity contribution < 1.29 is 13.2 Å². The third-order valence-electron chi connectivity index (χ3n) is 3.07. The molecule has 1 fully saturated rings. The number of benzene rings is 1. The molecular weight excluding hydrogens is 370 g/mol. The van der Waals surface area contributed by atoms with Gasteiger partial charge in [0.2, 0.25) is 0 Å². The van der Waals surface area contributed by atoms with Crippen LogP contribution in [0.25, 0.3) is 0 Å². The maximum Gasteiger partial charge on any atom is 0.277 e. The van der Waals surface area contributed by atoms with Gasteiger partial charge in [0.1, 0.15) is 0 Å². The molecule has 0 aromatic heterocycles. The summed E-state index contributed by atoms with van der Waals surface area (Å²) in [6, 6.07) is 5.11. The van der Waals surface area contributed by atoms with E-state index in [1.165, 1.54) is 0 Å². The lowest BCUT2D eigenvalue weighted by molar-refractivity contribution is 0.0698. The third kappa shape index (κ3) is 3.32. The van der Waals surface area contributed by atoms with Crippen LogP contribution in [-0.4, -0.2) is 49.7 Å². The highest BCUT2D eigenvalue weighted by molar-refractivity contribution is 9.10. The van der Waals surface area contributed by atoms with Crippen LogP contribution in [0.2, 0.25) is 5.02 Å². The third-order valence-corrected chi connectivity index (χ3v) is 5.45. The zero-order chi connectivity index (χ0) is 14.9. The van der Waals surface area contributed by atoms with Crippen molar-refractivity contribution in [3.63, 3.8) is 0 Å². The van der Waals surface area contributed by atoms with E-state index in [4.69, 9.17) is 16.7 Å². The lowest BCUT2D eigenvalue weighted by Gasteiger charge is -2.33. The Morgan fingerprint density at radius 2 is 1.85 bits per heavy atom. The molecule has 0 atom stereocenters. The SMILES string of the molecule is NS(=O)(=O)N1CCN(C(=O)c2cccc(Br)c2Cl)CC1. The number of nitrogens with two attached hydrogens (primary N) is 1.